The Morgan fingerprint density at radius 1 is 1.24 bits per heavy atom. The van der Waals surface area contributed by atoms with Crippen LogP contribution in [0.5, 0.6) is 0 Å². The summed E-state index contributed by atoms with van der Waals surface area (Å²) in [6, 6.07) is 0. The number of methoxy groups -OCH3 is 1. The first-order valence-electron chi connectivity index (χ1n) is 5.36. The van der Waals surface area contributed by atoms with Gasteiger partial charge in [0.25, 0.3) is 0 Å². The van der Waals surface area contributed by atoms with Crippen molar-refractivity contribution in [2.75, 3.05) is 40.9 Å². The number of likely N-dealkylation sites (N-methyl/N-ethyl adjacent to an activating group) is 1. The van der Waals surface area contributed by atoms with E-state index in [4.69, 9.17) is 4.74 Å². The molecule has 0 rings (SSSR count). The summed E-state index contributed by atoms with van der Waals surface area (Å²) in [6.45, 7) is 5.42. The van der Waals surface area contributed by atoms with E-state index < -0.39 is 0 Å². The van der Waals surface area contributed by atoms with E-state index in [0.29, 0.717) is 19.6 Å². The number of carbonyl (C=O) groups is 2. The van der Waals surface area contributed by atoms with E-state index in [0.717, 1.165) is 6.54 Å². The van der Waals surface area contributed by atoms with Gasteiger partial charge in [0.1, 0.15) is 0 Å². The van der Waals surface area contributed by atoms with E-state index in [1.165, 1.54) is 6.08 Å². The molecule has 0 bridgehead atoms. The lowest BCUT2D eigenvalue weighted by Crippen LogP contribution is -2.26. The van der Waals surface area contributed by atoms with E-state index in [2.05, 4.69) is 22.5 Å². The number of hydrogen-bond donors (Lipinski definition) is 3. The van der Waals surface area contributed by atoms with Crippen LogP contribution < -0.4 is 16.0 Å². The van der Waals surface area contributed by atoms with Crippen LogP contribution in [-0.4, -0.2) is 52.7 Å². The second-order valence-electron chi connectivity index (χ2n) is 2.98. The Balaban J connectivity index is 0. The Morgan fingerprint density at radius 2 is 1.88 bits per heavy atom. The maximum Gasteiger partial charge on any atom is 0.243 e. The van der Waals surface area contributed by atoms with Crippen molar-refractivity contribution in [3.8, 4) is 0 Å². The zero-order valence-corrected chi connectivity index (χ0v) is 10.8. The van der Waals surface area contributed by atoms with Crippen molar-refractivity contribution in [2.24, 2.45) is 0 Å². The van der Waals surface area contributed by atoms with E-state index in [1.54, 1.807) is 21.2 Å². The molecule has 0 aliphatic heterocycles. The lowest BCUT2D eigenvalue weighted by molar-refractivity contribution is -0.120. The van der Waals surface area contributed by atoms with Gasteiger partial charge in [-0.05, 0) is 6.08 Å². The normalized spacial score (nSPS) is 8.65. The fourth-order valence-electron chi connectivity index (χ4n) is 0.728. The Kier molecular flexibility index (Phi) is 15.4. The SMILES string of the molecule is C=CC(=O)NC.CNC(=O)CCNCCOC. The van der Waals surface area contributed by atoms with Gasteiger partial charge in [-0.2, -0.15) is 0 Å². The first-order valence-corrected chi connectivity index (χ1v) is 5.36. The van der Waals surface area contributed by atoms with Gasteiger partial charge in [-0.25, -0.2) is 0 Å². The Bertz CT molecular complexity index is 220. The van der Waals surface area contributed by atoms with Gasteiger partial charge in [0, 0.05) is 40.7 Å². The van der Waals surface area contributed by atoms with Gasteiger partial charge < -0.3 is 20.7 Å². The average Bonchev–Trinajstić information content (AvgIpc) is 2.37. The van der Waals surface area contributed by atoms with Crippen molar-refractivity contribution in [1.82, 2.24) is 16.0 Å². The molecule has 0 aliphatic carbocycles. The monoisotopic (exact) mass is 245 g/mol. The minimum Gasteiger partial charge on any atom is -0.383 e. The molecule has 0 saturated heterocycles. The van der Waals surface area contributed by atoms with E-state index >= 15 is 0 Å². The van der Waals surface area contributed by atoms with Gasteiger partial charge in [0.2, 0.25) is 11.8 Å². The molecule has 0 aromatic rings. The van der Waals surface area contributed by atoms with Crippen LogP contribution in [0.1, 0.15) is 6.42 Å². The molecule has 6 heteroatoms. The molecule has 0 atom stereocenters. The van der Waals surface area contributed by atoms with Crippen molar-refractivity contribution in [2.45, 2.75) is 6.42 Å². The second-order valence-corrected chi connectivity index (χ2v) is 2.98. The molecule has 6 nitrogen and oxygen atoms in total. The van der Waals surface area contributed by atoms with Crippen molar-refractivity contribution < 1.29 is 14.3 Å². The number of hydrogen-bond acceptors (Lipinski definition) is 4. The molecule has 0 heterocycles. The van der Waals surface area contributed by atoms with Crippen molar-refractivity contribution in [3.63, 3.8) is 0 Å². The molecule has 0 spiro atoms. The Hall–Kier alpha value is -1.40. The lowest BCUT2D eigenvalue weighted by Gasteiger charge is -2.02. The zero-order chi connectivity index (χ0) is 13.5. The molecule has 3 N–H and O–H groups in total. The summed E-state index contributed by atoms with van der Waals surface area (Å²) in [4.78, 5) is 20.6. The van der Waals surface area contributed by atoms with Crippen molar-refractivity contribution in [1.29, 1.82) is 0 Å². The number of ether oxygens (including phenoxy) is 1. The summed E-state index contributed by atoms with van der Waals surface area (Å²) < 4.78 is 4.81. The second kappa shape index (κ2) is 14.6. The molecule has 100 valence electrons. The number of carbonyl (C=O) groups excluding carboxylic acids is 2. The first-order chi connectivity index (χ1) is 8.12. The van der Waals surface area contributed by atoms with Crippen LogP contribution >= 0.6 is 0 Å². The third-order valence-electron chi connectivity index (χ3n) is 1.72. The topological polar surface area (TPSA) is 79.5 Å². The third-order valence-corrected chi connectivity index (χ3v) is 1.72. The van der Waals surface area contributed by atoms with Crippen LogP contribution in [0.25, 0.3) is 0 Å². The molecule has 0 aromatic heterocycles. The zero-order valence-electron chi connectivity index (χ0n) is 10.8. The fourth-order valence-corrected chi connectivity index (χ4v) is 0.728. The van der Waals surface area contributed by atoms with E-state index in [-0.39, 0.29) is 11.8 Å². The first kappa shape index (κ1) is 18.0. The summed E-state index contributed by atoms with van der Waals surface area (Å²) in [5.74, 6) is -0.0788. The van der Waals surface area contributed by atoms with Crippen LogP contribution in [0, 0.1) is 0 Å². The summed E-state index contributed by atoms with van der Waals surface area (Å²) in [5.41, 5.74) is 0. The van der Waals surface area contributed by atoms with Crippen molar-refractivity contribution in [3.05, 3.63) is 12.7 Å². The predicted octanol–water partition coefficient (Wildman–Crippen LogP) is -0.723. The molecule has 0 radical (unpaired) electrons. The van der Waals surface area contributed by atoms with Gasteiger partial charge >= 0.3 is 0 Å². The van der Waals surface area contributed by atoms with E-state index in [1.807, 2.05) is 0 Å². The smallest absolute Gasteiger partial charge is 0.243 e. The minimum absolute atomic E-state index is 0.0647. The van der Waals surface area contributed by atoms with Gasteiger partial charge in [0.05, 0.1) is 6.61 Å². The highest BCUT2D eigenvalue weighted by Crippen LogP contribution is 1.74. The number of rotatable bonds is 7. The molecule has 0 fully saturated rings. The van der Waals surface area contributed by atoms with Gasteiger partial charge in [-0.1, -0.05) is 6.58 Å². The number of amides is 2. The molecule has 0 saturated carbocycles. The van der Waals surface area contributed by atoms with Crippen LogP contribution in [0.15, 0.2) is 12.7 Å². The van der Waals surface area contributed by atoms with Crippen LogP contribution in [-0.2, 0) is 14.3 Å². The summed E-state index contributed by atoms with van der Waals surface area (Å²) in [6.07, 6.45) is 1.75. The largest absolute Gasteiger partial charge is 0.383 e. The molecular weight excluding hydrogens is 222 g/mol. The van der Waals surface area contributed by atoms with Gasteiger partial charge in [0.15, 0.2) is 0 Å². The van der Waals surface area contributed by atoms with Crippen LogP contribution in [0.3, 0.4) is 0 Å². The highest BCUT2D eigenvalue weighted by Gasteiger charge is 1.94. The van der Waals surface area contributed by atoms with Crippen LogP contribution in [0.2, 0.25) is 0 Å². The van der Waals surface area contributed by atoms with E-state index in [9.17, 15) is 9.59 Å². The Labute approximate surface area is 103 Å². The highest BCUT2D eigenvalue weighted by atomic mass is 16.5. The molecule has 0 aliphatic rings. The third kappa shape index (κ3) is 17.2. The molecular formula is C11H23N3O3. The maximum absolute atomic E-state index is 10.7. The fraction of sp³-hybridized carbons (Fsp3) is 0.636. The van der Waals surface area contributed by atoms with Gasteiger partial charge in [-0.3, -0.25) is 9.59 Å². The van der Waals surface area contributed by atoms with Crippen molar-refractivity contribution >= 4 is 11.8 Å². The number of nitrogens with one attached hydrogen (secondary N) is 3. The molecule has 0 unspecified atom stereocenters. The average molecular weight is 245 g/mol. The van der Waals surface area contributed by atoms with Crippen LogP contribution in [0.4, 0.5) is 0 Å². The summed E-state index contributed by atoms with van der Waals surface area (Å²) in [7, 11) is 4.85. The highest BCUT2D eigenvalue weighted by molar-refractivity contribution is 5.86. The predicted molar refractivity (Wildman–Crippen MR) is 67.7 cm³/mol. The minimum atomic E-state index is -0.144. The van der Waals surface area contributed by atoms with Gasteiger partial charge in [-0.15, -0.1) is 0 Å². The quantitative estimate of drug-likeness (QED) is 0.408. The Morgan fingerprint density at radius 3 is 2.24 bits per heavy atom. The molecule has 2 amide bonds. The molecule has 17 heavy (non-hydrogen) atoms. The molecule has 0 aromatic carbocycles. The maximum atomic E-state index is 10.7. The standard InChI is InChI=1S/C7H16N2O2.C4H7NO/c1-8-7(10)3-4-9-5-6-11-2;1-3-4(6)5-2/h9H,3-6H2,1-2H3,(H,8,10);3H,1H2,2H3,(H,5,6). The summed E-state index contributed by atoms with van der Waals surface area (Å²) >= 11 is 0. The summed E-state index contributed by atoms with van der Waals surface area (Å²) in [5, 5.41) is 7.97. The lowest BCUT2D eigenvalue weighted by atomic mass is 10.4.